The second-order valence-electron chi connectivity index (χ2n) is 8.84. The van der Waals surface area contributed by atoms with Gasteiger partial charge >= 0.3 is 5.97 Å². The van der Waals surface area contributed by atoms with Crippen LogP contribution in [0.5, 0.6) is 5.75 Å². The molecule has 0 aliphatic carbocycles. The Morgan fingerprint density at radius 3 is 2.46 bits per heavy atom. The largest absolute Gasteiger partial charge is 0.493 e. The van der Waals surface area contributed by atoms with E-state index in [1.165, 1.54) is 5.56 Å². The summed E-state index contributed by atoms with van der Waals surface area (Å²) in [5.41, 5.74) is 4.56. The number of hydrogen-bond donors (Lipinski definition) is 1. The van der Waals surface area contributed by atoms with Gasteiger partial charge in [0.05, 0.1) is 12.2 Å². The van der Waals surface area contributed by atoms with Gasteiger partial charge < -0.3 is 19.7 Å². The van der Waals surface area contributed by atoms with Crippen LogP contribution in [0, 0.1) is 0 Å². The van der Waals surface area contributed by atoms with E-state index in [1.54, 1.807) is 18.2 Å². The Bertz CT molecular complexity index is 1170. The number of nitrogens with zero attached hydrogens (tertiary/aromatic N) is 2. The third-order valence-corrected chi connectivity index (χ3v) is 6.40. The minimum atomic E-state index is -0.517. The molecule has 7 heteroatoms. The first-order valence-electron chi connectivity index (χ1n) is 12.0. The van der Waals surface area contributed by atoms with E-state index in [0.717, 1.165) is 56.1 Å². The van der Waals surface area contributed by atoms with Crippen LogP contribution in [0.15, 0.2) is 72.8 Å². The summed E-state index contributed by atoms with van der Waals surface area (Å²) in [7, 11) is 0. The van der Waals surface area contributed by atoms with Crippen molar-refractivity contribution < 1.29 is 19.1 Å². The lowest BCUT2D eigenvalue weighted by Crippen LogP contribution is -2.45. The van der Waals surface area contributed by atoms with Crippen molar-refractivity contribution in [2.75, 3.05) is 49.6 Å². The highest BCUT2D eigenvalue weighted by atomic mass is 16.5. The first-order chi connectivity index (χ1) is 17.1. The van der Waals surface area contributed by atoms with Crippen molar-refractivity contribution in [3.8, 4) is 5.75 Å². The van der Waals surface area contributed by atoms with E-state index in [1.807, 2.05) is 30.3 Å². The summed E-state index contributed by atoms with van der Waals surface area (Å²) in [6.45, 7) is 5.21. The van der Waals surface area contributed by atoms with E-state index >= 15 is 0 Å². The molecule has 1 N–H and O–H groups in total. The SMILES string of the molecule is O=C(COC(=O)c1ccc2c(c1)CCO2)Nc1ccc(N2CCN(Cc3ccccc3)CC2)cc1. The smallest absolute Gasteiger partial charge is 0.338 e. The van der Waals surface area contributed by atoms with E-state index < -0.39 is 5.97 Å². The van der Waals surface area contributed by atoms with Crippen molar-refractivity contribution in [2.24, 2.45) is 0 Å². The van der Waals surface area contributed by atoms with Gasteiger partial charge in [-0.25, -0.2) is 4.79 Å². The molecule has 1 fully saturated rings. The molecular formula is C28H29N3O4. The monoisotopic (exact) mass is 471 g/mol. The summed E-state index contributed by atoms with van der Waals surface area (Å²) < 4.78 is 10.6. The Hall–Kier alpha value is -3.84. The first kappa shape index (κ1) is 22.9. The standard InChI is InChI=1S/C28H29N3O4/c32-27(20-35-28(33)23-6-11-26-22(18-23)12-17-34-26)29-24-7-9-25(10-8-24)31-15-13-30(14-16-31)19-21-4-2-1-3-5-21/h1-11,18H,12-17,19-20H2,(H,29,32). The van der Waals surface area contributed by atoms with Gasteiger partial charge in [-0.1, -0.05) is 30.3 Å². The van der Waals surface area contributed by atoms with E-state index in [2.05, 4.69) is 39.4 Å². The number of carbonyl (C=O) groups excluding carboxylic acids is 2. The van der Waals surface area contributed by atoms with Crippen LogP contribution in [0.2, 0.25) is 0 Å². The van der Waals surface area contributed by atoms with Crippen LogP contribution in [0.25, 0.3) is 0 Å². The number of amides is 1. The number of hydrogen-bond acceptors (Lipinski definition) is 6. The van der Waals surface area contributed by atoms with E-state index in [-0.39, 0.29) is 12.5 Å². The van der Waals surface area contributed by atoms with Crippen molar-refractivity contribution in [1.82, 2.24) is 4.90 Å². The number of ether oxygens (including phenoxy) is 2. The van der Waals surface area contributed by atoms with Crippen molar-refractivity contribution in [3.05, 3.63) is 89.5 Å². The van der Waals surface area contributed by atoms with Crippen LogP contribution in [-0.2, 0) is 22.5 Å². The van der Waals surface area contributed by atoms with Gasteiger partial charge in [0.25, 0.3) is 5.91 Å². The maximum absolute atomic E-state index is 12.3. The molecule has 35 heavy (non-hydrogen) atoms. The van der Waals surface area contributed by atoms with Crippen molar-refractivity contribution in [1.29, 1.82) is 0 Å². The molecule has 0 saturated carbocycles. The fourth-order valence-electron chi connectivity index (χ4n) is 4.49. The molecule has 0 spiro atoms. The fraction of sp³-hybridized carbons (Fsp3) is 0.286. The van der Waals surface area contributed by atoms with Gasteiger partial charge in [0.1, 0.15) is 5.75 Å². The highest BCUT2D eigenvalue weighted by Gasteiger charge is 2.18. The topological polar surface area (TPSA) is 71.1 Å². The van der Waals surface area contributed by atoms with E-state index in [0.29, 0.717) is 17.9 Å². The fourth-order valence-corrected chi connectivity index (χ4v) is 4.49. The van der Waals surface area contributed by atoms with Crippen LogP contribution >= 0.6 is 0 Å². The Morgan fingerprint density at radius 2 is 1.69 bits per heavy atom. The Labute approximate surface area is 205 Å². The van der Waals surface area contributed by atoms with Gasteiger partial charge in [0, 0.05) is 50.5 Å². The summed E-state index contributed by atoms with van der Waals surface area (Å²) in [4.78, 5) is 29.4. The molecule has 3 aromatic carbocycles. The molecule has 1 saturated heterocycles. The molecule has 2 aliphatic rings. The van der Waals surface area contributed by atoms with Gasteiger partial charge in [-0.05, 0) is 53.6 Å². The lowest BCUT2D eigenvalue weighted by molar-refractivity contribution is -0.119. The minimum Gasteiger partial charge on any atom is -0.493 e. The minimum absolute atomic E-state index is 0.336. The zero-order valence-electron chi connectivity index (χ0n) is 19.6. The molecule has 0 unspecified atom stereocenters. The summed E-state index contributed by atoms with van der Waals surface area (Å²) >= 11 is 0. The Kier molecular flexibility index (Phi) is 6.95. The zero-order valence-corrected chi connectivity index (χ0v) is 19.6. The maximum Gasteiger partial charge on any atom is 0.338 e. The third kappa shape index (κ3) is 5.81. The highest BCUT2D eigenvalue weighted by Crippen LogP contribution is 2.26. The predicted octanol–water partition coefficient (Wildman–Crippen LogP) is 3.74. The summed E-state index contributed by atoms with van der Waals surface area (Å²) in [5.74, 6) is -0.0847. The van der Waals surface area contributed by atoms with Crippen molar-refractivity contribution >= 4 is 23.3 Å². The normalized spacial score (nSPS) is 15.3. The lowest BCUT2D eigenvalue weighted by Gasteiger charge is -2.36. The summed E-state index contributed by atoms with van der Waals surface area (Å²) in [6.07, 6.45) is 0.774. The predicted molar refractivity (Wildman–Crippen MR) is 135 cm³/mol. The second-order valence-corrected chi connectivity index (χ2v) is 8.84. The number of benzene rings is 3. The molecule has 0 radical (unpaired) electrons. The Morgan fingerprint density at radius 1 is 0.914 bits per heavy atom. The average Bonchev–Trinajstić information content (AvgIpc) is 3.37. The number of nitrogens with one attached hydrogen (secondary N) is 1. The molecule has 0 aromatic heterocycles. The van der Waals surface area contributed by atoms with Crippen molar-refractivity contribution in [3.63, 3.8) is 0 Å². The summed E-state index contributed by atoms with van der Waals surface area (Å²) in [6, 6.07) is 23.5. The van der Waals surface area contributed by atoms with Crippen LogP contribution in [-0.4, -0.2) is 56.2 Å². The number of rotatable bonds is 7. The number of esters is 1. The molecule has 0 bridgehead atoms. The Balaban J connectivity index is 1.07. The first-order valence-corrected chi connectivity index (χ1v) is 12.0. The maximum atomic E-state index is 12.3. The van der Waals surface area contributed by atoms with Crippen LogP contribution in [0.3, 0.4) is 0 Å². The van der Waals surface area contributed by atoms with Crippen LogP contribution in [0.4, 0.5) is 11.4 Å². The molecule has 2 aliphatic heterocycles. The summed E-state index contributed by atoms with van der Waals surface area (Å²) in [5, 5.41) is 2.79. The van der Waals surface area contributed by atoms with Crippen LogP contribution < -0.4 is 15.0 Å². The quantitative estimate of drug-likeness (QED) is 0.530. The number of fused-ring (bicyclic) bond motifs is 1. The van der Waals surface area contributed by atoms with Gasteiger partial charge in [-0.2, -0.15) is 0 Å². The highest BCUT2D eigenvalue weighted by molar-refractivity contribution is 5.95. The van der Waals surface area contributed by atoms with Crippen molar-refractivity contribution in [2.45, 2.75) is 13.0 Å². The molecule has 7 nitrogen and oxygen atoms in total. The van der Waals surface area contributed by atoms with Gasteiger partial charge in [-0.15, -0.1) is 0 Å². The van der Waals surface area contributed by atoms with Gasteiger partial charge in [0.2, 0.25) is 0 Å². The molecule has 2 heterocycles. The molecule has 1 amide bonds. The van der Waals surface area contributed by atoms with E-state index in [4.69, 9.17) is 9.47 Å². The van der Waals surface area contributed by atoms with Crippen LogP contribution in [0.1, 0.15) is 21.5 Å². The second kappa shape index (κ2) is 10.6. The zero-order chi connectivity index (χ0) is 24.0. The number of carbonyl (C=O) groups is 2. The molecule has 0 atom stereocenters. The van der Waals surface area contributed by atoms with E-state index in [9.17, 15) is 9.59 Å². The molecule has 3 aromatic rings. The average molecular weight is 472 g/mol. The van der Waals surface area contributed by atoms with Gasteiger partial charge in [0.15, 0.2) is 6.61 Å². The molecular weight excluding hydrogens is 442 g/mol. The molecule has 5 rings (SSSR count). The van der Waals surface area contributed by atoms with Gasteiger partial charge in [-0.3, -0.25) is 9.69 Å². The number of anilines is 2. The number of piperazine rings is 1. The lowest BCUT2D eigenvalue weighted by atomic mass is 10.1. The third-order valence-electron chi connectivity index (χ3n) is 6.40. The molecule has 180 valence electrons.